The number of carbonyl (C=O) groups excluding carboxylic acids is 1. The standard InChI is InChI=1S/C10H17F3N2O2/c11-10(12,13)6-15-9(16)17-5-8-3-1-2-7(8)4-14/h7-8H,1-6,14H2,(H,15,16). The molecule has 1 saturated carbocycles. The van der Waals surface area contributed by atoms with Crippen LogP contribution in [0.3, 0.4) is 0 Å². The van der Waals surface area contributed by atoms with Crippen LogP contribution in [-0.2, 0) is 4.74 Å². The van der Waals surface area contributed by atoms with Crippen LogP contribution >= 0.6 is 0 Å². The fourth-order valence-corrected chi connectivity index (χ4v) is 2.05. The van der Waals surface area contributed by atoms with Gasteiger partial charge in [-0.05, 0) is 31.2 Å². The van der Waals surface area contributed by atoms with E-state index in [0.717, 1.165) is 19.3 Å². The van der Waals surface area contributed by atoms with E-state index in [1.54, 1.807) is 5.32 Å². The summed E-state index contributed by atoms with van der Waals surface area (Å²) >= 11 is 0. The van der Waals surface area contributed by atoms with Crippen molar-refractivity contribution in [2.45, 2.75) is 25.4 Å². The van der Waals surface area contributed by atoms with Crippen LogP contribution in [0.5, 0.6) is 0 Å². The predicted molar refractivity (Wildman–Crippen MR) is 55.3 cm³/mol. The number of alkyl halides is 3. The molecule has 0 heterocycles. The Hall–Kier alpha value is -0.980. The van der Waals surface area contributed by atoms with Gasteiger partial charge in [-0.15, -0.1) is 0 Å². The average Bonchev–Trinajstić information content (AvgIpc) is 2.69. The number of rotatable bonds is 4. The summed E-state index contributed by atoms with van der Waals surface area (Å²) in [4.78, 5) is 11.0. The number of carbonyl (C=O) groups is 1. The topological polar surface area (TPSA) is 64.3 Å². The molecule has 17 heavy (non-hydrogen) atoms. The van der Waals surface area contributed by atoms with Gasteiger partial charge >= 0.3 is 12.3 Å². The molecule has 100 valence electrons. The quantitative estimate of drug-likeness (QED) is 0.801. The van der Waals surface area contributed by atoms with Crippen molar-refractivity contribution in [1.29, 1.82) is 0 Å². The molecular formula is C10H17F3N2O2. The number of nitrogens with one attached hydrogen (secondary N) is 1. The van der Waals surface area contributed by atoms with E-state index >= 15 is 0 Å². The van der Waals surface area contributed by atoms with Crippen LogP contribution in [0.4, 0.5) is 18.0 Å². The first-order valence-electron chi connectivity index (χ1n) is 5.60. The molecule has 1 aliphatic rings. The normalized spacial score (nSPS) is 24.7. The Balaban J connectivity index is 2.19. The lowest BCUT2D eigenvalue weighted by Gasteiger charge is -2.17. The summed E-state index contributed by atoms with van der Waals surface area (Å²) in [5.74, 6) is 0.488. The molecule has 1 aliphatic carbocycles. The molecule has 2 atom stereocenters. The van der Waals surface area contributed by atoms with Crippen LogP contribution < -0.4 is 11.1 Å². The Morgan fingerprint density at radius 2 is 2.00 bits per heavy atom. The van der Waals surface area contributed by atoms with Crippen molar-refractivity contribution in [2.24, 2.45) is 17.6 Å². The van der Waals surface area contributed by atoms with E-state index in [2.05, 4.69) is 0 Å². The van der Waals surface area contributed by atoms with Crippen LogP contribution in [0.25, 0.3) is 0 Å². The first kappa shape index (κ1) is 14.1. The first-order chi connectivity index (χ1) is 7.92. The Morgan fingerprint density at radius 1 is 1.35 bits per heavy atom. The van der Waals surface area contributed by atoms with Crippen molar-refractivity contribution in [1.82, 2.24) is 5.32 Å². The molecule has 3 N–H and O–H groups in total. The van der Waals surface area contributed by atoms with Gasteiger partial charge in [0.05, 0.1) is 6.61 Å². The van der Waals surface area contributed by atoms with Gasteiger partial charge in [0.2, 0.25) is 0 Å². The minimum atomic E-state index is -4.41. The van der Waals surface area contributed by atoms with Gasteiger partial charge in [-0.25, -0.2) is 4.79 Å². The SMILES string of the molecule is NCC1CCCC1COC(=O)NCC(F)(F)F. The molecule has 0 saturated heterocycles. The highest BCUT2D eigenvalue weighted by Crippen LogP contribution is 2.30. The lowest BCUT2D eigenvalue weighted by Crippen LogP contribution is -2.35. The van der Waals surface area contributed by atoms with Crippen molar-refractivity contribution < 1.29 is 22.7 Å². The molecule has 1 amide bonds. The van der Waals surface area contributed by atoms with E-state index in [-0.39, 0.29) is 12.5 Å². The Labute approximate surface area is 97.7 Å². The van der Waals surface area contributed by atoms with E-state index in [0.29, 0.717) is 12.5 Å². The van der Waals surface area contributed by atoms with Crippen molar-refractivity contribution in [3.05, 3.63) is 0 Å². The summed E-state index contributed by atoms with van der Waals surface area (Å²) in [5.41, 5.74) is 5.54. The molecule has 7 heteroatoms. The smallest absolute Gasteiger partial charge is 0.407 e. The zero-order valence-electron chi connectivity index (χ0n) is 9.43. The van der Waals surface area contributed by atoms with Crippen LogP contribution in [0.1, 0.15) is 19.3 Å². The number of ether oxygens (including phenoxy) is 1. The number of alkyl carbamates (subject to hydrolysis) is 1. The fraction of sp³-hybridized carbons (Fsp3) is 0.900. The molecule has 1 rings (SSSR count). The summed E-state index contributed by atoms with van der Waals surface area (Å²) in [7, 11) is 0. The van der Waals surface area contributed by atoms with Gasteiger partial charge in [0.1, 0.15) is 6.54 Å². The Kier molecular flexibility index (Phi) is 5.04. The lowest BCUT2D eigenvalue weighted by molar-refractivity contribution is -0.123. The maximum Gasteiger partial charge on any atom is 0.407 e. The van der Waals surface area contributed by atoms with Crippen LogP contribution in [0, 0.1) is 11.8 Å². The third-order valence-electron chi connectivity index (χ3n) is 2.98. The predicted octanol–water partition coefficient (Wildman–Crippen LogP) is 1.65. The number of hydrogen-bond donors (Lipinski definition) is 2. The summed E-state index contributed by atoms with van der Waals surface area (Å²) in [5, 5.41) is 1.66. The van der Waals surface area contributed by atoms with Gasteiger partial charge in [-0.3, -0.25) is 0 Å². The first-order valence-corrected chi connectivity index (χ1v) is 5.60. The molecule has 1 fully saturated rings. The number of hydrogen-bond acceptors (Lipinski definition) is 3. The van der Waals surface area contributed by atoms with E-state index in [9.17, 15) is 18.0 Å². The van der Waals surface area contributed by atoms with Gasteiger partial charge in [0, 0.05) is 0 Å². The van der Waals surface area contributed by atoms with Crippen LogP contribution in [0.2, 0.25) is 0 Å². The van der Waals surface area contributed by atoms with Gasteiger partial charge in [0.25, 0.3) is 0 Å². The summed E-state index contributed by atoms with van der Waals surface area (Å²) < 4.78 is 40.1. The number of halogens is 3. The minimum Gasteiger partial charge on any atom is -0.449 e. The molecule has 0 aromatic heterocycles. The highest BCUT2D eigenvalue weighted by atomic mass is 19.4. The molecule has 0 aromatic carbocycles. The summed E-state index contributed by atoms with van der Waals surface area (Å²) in [6, 6.07) is 0. The largest absolute Gasteiger partial charge is 0.449 e. The molecule has 0 spiro atoms. The maximum absolute atomic E-state index is 11.8. The highest BCUT2D eigenvalue weighted by Gasteiger charge is 2.29. The number of amides is 1. The number of nitrogens with two attached hydrogens (primary N) is 1. The third kappa shape index (κ3) is 5.25. The molecule has 4 nitrogen and oxygen atoms in total. The van der Waals surface area contributed by atoms with Crippen molar-refractivity contribution in [3.8, 4) is 0 Å². The second-order valence-corrected chi connectivity index (χ2v) is 4.25. The van der Waals surface area contributed by atoms with Gasteiger partial charge in [-0.2, -0.15) is 13.2 Å². The Bertz CT molecular complexity index is 258. The molecule has 2 unspecified atom stereocenters. The van der Waals surface area contributed by atoms with Crippen LogP contribution in [0.15, 0.2) is 0 Å². The summed E-state index contributed by atoms with van der Waals surface area (Å²) in [6.45, 7) is -0.694. The second kappa shape index (κ2) is 6.09. The van der Waals surface area contributed by atoms with Gasteiger partial charge in [-0.1, -0.05) is 6.42 Å². The van der Waals surface area contributed by atoms with Crippen LogP contribution in [-0.4, -0.2) is 32.0 Å². The fourth-order valence-electron chi connectivity index (χ4n) is 2.05. The van der Waals surface area contributed by atoms with Gasteiger partial charge < -0.3 is 15.8 Å². The Morgan fingerprint density at radius 3 is 2.59 bits per heavy atom. The van der Waals surface area contributed by atoms with Crippen molar-refractivity contribution >= 4 is 6.09 Å². The second-order valence-electron chi connectivity index (χ2n) is 4.25. The molecular weight excluding hydrogens is 237 g/mol. The summed E-state index contributed by atoms with van der Waals surface area (Å²) in [6.07, 6.45) is -2.50. The van der Waals surface area contributed by atoms with E-state index in [4.69, 9.17) is 10.5 Å². The lowest BCUT2D eigenvalue weighted by atomic mass is 9.97. The highest BCUT2D eigenvalue weighted by molar-refractivity contribution is 5.67. The third-order valence-corrected chi connectivity index (χ3v) is 2.98. The van der Waals surface area contributed by atoms with Crippen molar-refractivity contribution in [3.63, 3.8) is 0 Å². The molecule has 0 aliphatic heterocycles. The molecule has 0 bridgehead atoms. The molecule has 0 radical (unpaired) electrons. The van der Waals surface area contributed by atoms with E-state index in [1.165, 1.54) is 0 Å². The van der Waals surface area contributed by atoms with Crippen molar-refractivity contribution in [2.75, 3.05) is 19.7 Å². The monoisotopic (exact) mass is 254 g/mol. The average molecular weight is 254 g/mol. The zero-order valence-corrected chi connectivity index (χ0v) is 9.43. The maximum atomic E-state index is 11.8. The zero-order chi connectivity index (χ0) is 12.9. The van der Waals surface area contributed by atoms with E-state index < -0.39 is 18.8 Å². The van der Waals surface area contributed by atoms with E-state index in [1.807, 2.05) is 0 Å². The van der Waals surface area contributed by atoms with Gasteiger partial charge in [0.15, 0.2) is 0 Å². The molecule has 0 aromatic rings. The minimum absolute atomic E-state index is 0.144.